The molecule has 1 amide bonds. The number of nitrogens with zero attached hydrogens (tertiary/aromatic N) is 2. The van der Waals surface area contributed by atoms with Crippen molar-refractivity contribution in [3.8, 4) is 0 Å². The average molecular weight is 309 g/mol. The molecule has 0 aromatic carbocycles. The Labute approximate surface area is 132 Å². The van der Waals surface area contributed by atoms with Crippen molar-refractivity contribution < 1.29 is 13.9 Å². The molecule has 0 aliphatic carbocycles. The van der Waals surface area contributed by atoms with Crippen LogP contribution in [0.2, 0.25) is 0 Å². The van der Waals surface area contributed by atoms with Crippen molar-refractivity contribution in [2.24, 2.45) is 0 Å². The van der Waals surface area contributed by atoms with Gasteiger partial charge in [-0.1, -0.05) is 0 Å². The minimum atomic E-state index is -0.458. The van der Waals surface area contributed by atoms with E-state index in [-0.39, 0.29) is 18.2 Å². The summed E-state index contributed by atoms with van der Waals surface area (Å²) in [6.45, 7) is 11.0. The summed E-state index contributed by atoms with van der Waals surface area (Å²) in [4.78, 5) is 18.2. The van der Waals surface area contributed by atoms with Gasteiger partial charge in [0.05, 0.1) is 12.2 Å². The summed E-state index contributed by atoms with van der Waals surface area (Å²) in [5.74, 6) is 1.49. The van der Waals surface area contributed by atoms with Crippen LogP contribution in [0.4, 0.5) is 4.79 Å². The quantitative estimate of drug-likeness (QED) is 0.929. The second-order valence-corrected chi connectivity index (χ2v) is 6.96. The fraction of sp³-hybridized carbons (Fsp3) is 0.750. The van der Waals surface area contributed by atoms with Crippen molar-refractivity contribution in [3.63, 3.8) is 0 Å². The van der Waals surface area contributed by atoms with Gasteiger partial charge >= 0.3 is 6.09 Å². The third-order valence-electron chi connectivity index (χ3n) is 3.57. The second kappa shape index (κ2) is 6.69. The van der Waals surface area contributed by atoms with Gasteiger partial charge in [0.15, 0.2) is 0 Å². The number of likely N-dealkylation sites (tertiary alicyclic amines) is 1. The number of ether oxygens (including phenoxy) is 1. The minimum Gasteiger partial charge on any atom is -0.444 e. The molecule has 2 rings (SSSR count). The third kappa shape index (κ3) is 4.73. The zero-order valence-corrected chi connectivity index (χ0v) is 14.2. The highest BCUT2D eigenvalue weighted by molar-refractivity contribution is 5.68. The van der Waals surface area contributed by atoms with Crippen LogP contribution < -0.4 is 5.32 Å². The maximum atomic E-state index is 12.2. The molecule has 1 aromatic heterocycles. The maximum absolute atomic E-state index is 12.2. The highest BCUT2D eigenvalue weighted by Crippen LogP contribution is 2.19. The van der Waals surface area contributed by atoms with E-state index in [1.165, 1.54) is 0 Å². The Kier molecular flexibility index (Phi) is 5.11. The van der Waals surface area contributed by atoms with E-state index in [1.807, 2.05) is 34.6 Å². The second-order valence-electron chi connectivity index (χ2n) is 6.96. The Balaban J connectivity index is 1.89. The predicted octanol–water partition coefficient (Wildman–Crippen LogP) is 3.03. The SMILES string of the molecule is Cc1cnc(C(C)NC2CCCN(C(=O)OC(C)(C)C)C2)o1. The number of aryl methyl sites for hydroxylation is 1. The number of aromatic nitrogens is 1. The van der Waals surface area contributed by atoms with Crippen LogP contribution in [-0.2, 0) is 4.74 Å². The Hall–Kier alpha value is -1.56. The molecule has 22 heavy (non-hydrogen) atoms. The first kappa shape index (κ1) is 16.8. The summed E-state index contributed by atoms with van der Waals surface area (Å²) >= 11 is 0. The minimum absolute atomic E-state index is 0.0253. The third-order valence-corrected chi connectivity index (χ3v) is 3.57. The topological polar surface area (TPSA) is 67.6 Å². The molecule has 1 aromatic rings. The van der Waals surface area contributed by atoms with E-state index >= 15 is 0 Å². The number of carbonyl (C=O) groups excluding carboxylic acids is 1. The standard InChI is InChI=1S/C16H27N3O3/c1-11-9-17-14(21-11)12(2)18-13-7-6-8-19(10-13)15(20)22-16(3,4)5/h9,12-13,18H,6-8,10H2,1-5H3. The van der Waals surface area contributed by atoms with Gasteiger partial charge < -0.3 is 19.4 Å². The molecular formula is C16H27N3O3. The van der Waals surface area contributed by atoms with E-state index < -0.39 is 5.60 Å². The number of nitrogens with one attached hydrogen (secondary N) is 1. The van der Waals surface area contributed by atoms with Crippen molar-refractivity contribution >= 4 is 6.09 Å². The smallest absolute Gasteiger partial charge is 0.410 e. The van der Waals surface area contributed by atoms with Gasteiger partial charge in [-0.15, -0.1) is 0 Å². The molecule has 0 bridgehead atoms. The molecule has 2 unspecified atom stereocenters. The fourth-order valence-electron chi connectivity index (χ4n) is 2.60. The molecule has 1 aliphatic heterocycles. The zero-order chi connectivity index (χ0) is 16.3. The average Bonchev–Trinajstić information content (AvgIpc) is 2.84. The van der Waals surface area contributed by atoms with Gasteiger partial charge in [-0.05, 0) is 47.5 Å². The van der Waals surface area contributed by atoms with Gasteiger partial charge in [0.2, 0.25) is 5.89 Å². The molecule has 0 spiro atoms. The summed E-state index contributed by atoms with van der Waals surface area (Å²) in [5, 5.41) is 3.49. The summed E-state index contributed by atoms with van der Waals surface area (Å²) in [6, 6.07) is 0.251. The van der Waals surface area contributed by atoms with Crippen LogP contribution in [0.1, 0.15) is 58.2 Å². The van der Waals surface area contributed by atoms with Crippen LogP contribution >= 0.6 is 0 Å². The van der Waals surface area contributed by atoms with E-state index in [0.717, 1.165) is 25.1 Å². The van der Waals surface area contributed by atoms with Crippen LogP contribution in [0.15, 0.2) is 10.6 Å². The number of amides is 1. The van der Waals surface area contributed by atoms with Crippen molar-refractivity contribution in [2.45, 2.75) is 65.1 Å². The summed E-state index contributed by atoms with van der Waals surface area (Å²) in [6.07, 6.45) is 3.48. The Bertz CT molecular complexity index is 507. The number of carbonyl (C=O) groups is 1. The van der Waals surface area contributed by atoms with Gasteiger partial charge in [0, 0.05) is 19.1 Å². The number of piperidine rings is 1. The fourth-order valence-corrected chi connectivity index (χ4v) is 2.60. The molecule has 2 heterocycles. The molecule has 1 fully saturated rings. The lowest BCUT2D eigenvalue weighted by molar-refractivity contribution is 0.0183. The van der Waals surface area contributed by atoms with Crippen molar-refractivity contribution in [2.75, 3.05) is 13.1 Å². The molecule has 0 saturated carbocycles. The van der Waals surface area contributed by atoms with Gasteiger partial charge in [-0.3, -0.25) is 0 Å². The predicted molar refractivity (Wildman–Crippen MR) is 83.6 cm³/mol. The van der Waals surface area contributed by atoms with Gasteiger partial charge in [0.1, 0.15) is 11.4 Å². The van der Waals surface area contributed by atoms with Crippen LogP contribution in [0.25, 0.3) is 0 Å². The lowest BCUT2D eigenvalue weighted by Crippen LogP contribution is -2.49. The molecular weight excluding hydrogens is 282 g/mol. The van der Waals surface area contributed by atoms with Crippen LogP contribution in [0, 0.1) is 6.92 Å². The first-order chi connectivity index (χ1) is 10.2. The maximum Gasteiger partial charge on any atom is 0.410 e. The van der Waals surface area contributed by atoms with Gasteiger partial charge in [-0.2, -0.15) is 0 Å². The number of hydrogen-bond donors (Lipinski definition) is 1. The molecule has 2 atom stereocenters. The number of hydrogen-bond acceptors (Lipinski definition) is 5. The van der Waals surface area contributed by atoms with Crippen LogP contribution in [0.3, 0.4) is 0 Å². The summed E-state index contributed by atoms with van der Waals surface area (Å²) in [5.41, 5.74) is -0.458. The number of rotatable bonds is 3. The molecule has 1 aliphatic rings. The molecule has 1 saturated heterocycles. The Morgan fingerprint density at radius 2 is 2.27 bits per heavy atom. The summed E-state index contributed by atoms with van der Waals surface area (Å²) in [7, 11) is 0. The highest BCUT2D eigenvalue weighted by Gasteiger charge is 2.28. The molecule has 1 N–H and O–H groups in total. The van der Waals surface area contributed by atoms with E-state index in [9.17, 15) is 4.79 Å². The molecule has 6 nitrogen and oxygen atoms in total. The number of oxazole rings is 1. The van der Waals surface area contributed by atoms with E-state index in [2.05, 4.69) is 10.3 Å². The summed E-state index contributed by atoms with van der Waals surface area (Å²) < 4.78 is 11.0. The Morgan fingerprint density at radius 3 is 2.86 bits per heavy atom. The molecule has 0 radical (unpaired) electrons. The van der Waals surface area contributed by atoms with Crippen molar-refractivity contribution in [3.05, 3.63) is 17.8 Å². The monoisotopic (exact) mass is 309 g/mol. The largest absolute Gasteiger partial charge is 0.444 e. The lowest BCUT2D eigenvalue weighted by atomic mass is 10.1. The van der Waals surface area contributed by atoms with Crippen LogP contribution in [0.5, 0.6) is 0 Å². The van der Waals surface area contributed by atoms with Gasteiger partial charge in [0.25, 0.3) is 0 Å². The first-order valence-electron chi connectivity index (χ1n) is 7.91. The molecule has 6 heteroatoms. The van der Waals surface area contributed by atoms with Gasteiger partial charge in [-0.25, -0.2) is 9.78 Å². The van der Waals surface area contributed by atoms with E-state index in [1.54, 1.807) is 11.1 Å². The van der Waals surface area contributed by atoms with Crippen molar-refractivity contribution in [1.29, 1.82) is 0 Å². The first-order valence-corrected chi connectivity index (χ1v) is 7.91. The normalized spacial score (nSPS) is 20.8. The van der Waals surface area contributed by atoms with E-state index in [0.29, 0.717) is 12.4 Å². The van der Waals surface area contributed by atoms with Crippen LogP contribution in [-0.4, -0.2) is 40.7 Å². The molecule has 124 valence electrons. The lowest BCUT2D eigenvalue weighted by Gasteiger charge is -2.35. The van der Waals surface area contributed by atoms with E-state index in [4.69, 9.17) is 9.15 Å². The Morgan fingerprint density at radius 1 is 1.55 bits per heavy atom. The highest BCUT2D eigenvalue weighted by atomic mass is 16.6. The zero-order valence-electron chi connectivity index (χ0n) is 14.2. The van der Waals surface area contributed by atoms with Crippen molar-refractivity contribution in [1.82, 2.24) is 15.2 Å².